The predicted octanol–water partition coefficient (Wildman–Crippen LogP) is 2.11. The van der Waals surface area contributed by atoms with Crippen molar-refractivity contribution in [2.75, 3.05) is 12.4 Å². The number of hydrogen-bond acceptors (Lipinski definition) is 3. The molecule has 1 atom stereocenters. The van der Waals surface area contributed by atoms with Crippen molar-refractivity contribution in [2.45, 2.75) is 19.5 Å². The van der Waals surface area contributed by atoms with E-state index >= 15 is 0 Å². The maximum atomic E-state index is 4.46. The highest BCUT2D eigenvalue weighted by Crippen LogP contribution is 2.25. The van der Waals surface area contributed by atoms with E-state index in [1.165, 1.54) is 5.04 Å². The van der Waals surface area contributed by atoms with Crippen molar-refractivity contribution in [1.82, 2.24) is 4.31 Å². The molecule has 0 spiro atoms. The molecule has 0 aliphatic carbocycles. The smallest absolute Gasteiger partial charge is 0.122 e. The molecule has 1 aliphatic heterocycles. The van der Waals surface area contributed by atoms with Crippen LogP contribution in [0.15, 0.2) is 4.99 Å². The molecule has 0 aromatic carbocycles. The first-order chi connectivity index (χ1) is 4.77. The number of alkyl halides is 1. The monoisotopic (exact) mass is 222 g/mol. The van der Waals surface area contributed by atoms with E-state index in [9.17, 15) is 0 Å². The summed E-state index contributed by atoms with van der Waals surface area (Å²) >= 11 is 5.16. The minimum atomic E-state index is 0.347. The van der Waals surface area contributed by atoms with Crippen molar-refractivity contribution >= 4 is 32.9 Å². The molecule has 4 heteroatoms. The van der Waals surface area contributed by atoms with Crippen LogP contribution in [-0.2, 0) is 0 Å². The average Bonchev–Trinajstić information content (AvgIpc) is 2.30. The lowest BCUT2D eigenvalue weighted by atomic mass is 10.5. The van der Waals surface area contributed by atoms with Crippen molar-refractivity contribution in [3.05, 3.63) is 0 Å². The molecule has 1 unspecified atom stereocenters. The lowest BCUT2D eigenvalue weighted by Gasteiger charge is -2.11. The molecule has 0 N–H and O–H groups in total. The molecule has 0 aromatic heterocycles. The Morgan fingerprint density at radius 1 is 1.80 bits per heavy atom. The molecule has 2 nitrogen and oxygen atoms in total. The zero-order valence-corrected chi connectivity index (χ0v) is 8.57. The Balaban J connectivity index is 2.52. The van der Waals surface area contributed by atoms with Crippen LogP contribution in [0.25, 0.3) is 0 Å². The molecule has 0 amide bonds. The molecule has 0 saturated carbocycles. The van der Waals surface area contributed by atoms with Gasteiger partial charge in [0.2, 0.25) is 0 Å². The van der Waals surface area contributed by atoms with Crippen LogP contribution in [0.3, 0.4) is 0 Å². The summed E-state index contributed by atoms with van der Waals surface area (Å²) in [6.07, 6.45) is 1.40. The summed E-state index contributed by atoms with van der Waals surface area (Å²) in [5.41, 5.74) is 0. The van der Waals surface area contributed by atoms with Gasteiger partial charge >= 0.3 is 0 Å². The second-order valence-electron chi connectivity index (χ2n) is 2.15. The third kappa shape index (κ3) is 1.74. The lowest BCUT2D eigenvalue weighted by molar-refractivity contribution is 0.475. The van der Waals surface area contributed by atoms with Crippen molar-refractivity contribution < 1.29 is 0 Å². The van der Waals surface area contributed by atoms with Crippen LogP contribution in [-0.4, -0.2) is 27.9 Å². The first-order valence-corrected chi connectivity index (χ1v) is 5.20. The minimum Gasteiger partial charge on any atom is -0.261 e. The first kappa shape index (κ1) is 8.56. The van der Waals surface area contributed by atoms with Gasteiger partial charge < -0.3 is 0 Å². The van der Waals surface area contributed by atoms with Crippen LogP contribution in [0, 0.1) is 0 Å². The van der Waals surface area contributed by atoms with E-state index in [2.05, 4.69) is 39.2 Å². The van der Waals surface area contributed by atoms with E-state index in [1.807, 2.05) is 0 Å². The maximum absolute atomic E-state index is 4.46. The topological polar surface area (TPSA) is 15.6 Å². The normalized spacial score (nSPS) is 27.1. The third-order valence-corrected chi connectivity index (χ3v) is 3.12. The quantitative estimate of drug-likeness (QED) is 0.526. The van der Waals surface area contributed by atoms with Crippen LogP contribution >= 0.6 is 27.9 Å². The molecule has 0 fully saturated rings. The Labute approximate surface area is 74.3 Å². The van der Waals surface area contributed by atoms with Gasteiger partial charge in [0.25, 0.3) is 0 Å². The first-order valence-electron chi connectivity index (χ1n) is 3.31. The summed E-state index contributed by atoms with van der Waals surface area (Å²) in [4.78, 5) is 4.46. The summed E-state index contributed by atoms with van der Waals surface area (Å²) in [5.74, 6) is 0. The van der Waals surface area contributed by atoms with Gasteiger partial charge in [-0.2, -0.15) is 0 Å². The molecule has 1 heterocycles. The number of aliphatic imine (C=N–C) groups is 1. The van der Waals surface area contributed by atoms with E-state index in [4.69, 9.17) is 0 Å². The van der Waals surface area contributed by atoms with Crippen LogP contribution in [0.4, 0.5) is 0 Å². The van der Waals surface area contributed by atoms with Gasteiger partial charge in [0, 0.05) is 12.4 Å². The average molecular weight is 223 g/mol. The summed E-state index contributed by atoms with van der Waals surface area (Å²) in [6, 6.07) is 0. The zero-order chi connectivity index (χ0) is 7.56. The highest BCUT2D eigenvalue weighted by Gasteiger charge is 2.21. The van der Waals surface area contributed by atoms with Crippen LogP contribution < -0.4 is 0 Å². The molecule has 0 bridgehead atoms. The highest BCUT2D eigenvalue weighted by atomic mass is 79.9. The molecule has 58 valence electrons. The number of nitrogens with zero attached hydrogens (tertiary/aromatic N) is 2. The largest absolute Gasteiger partial charge is 0.261 e. The molecule has 0 radical (unpaired) electrons. The third-order valence-electron chi connectivity index (χ3n) is 1.40. The Kier molecular flexibility index (Phi) is 3.20. The van der Waals surface area contributed by atoms with Gasteiger partial charge in [-0.1, -0.05) is 22.9 Å². The van der Waals surface area contributed by atoms with Gasteiger partial charge in [0.1, 0.15) is 6.17 Å². The summed E-state index contributed by atoms with van der Waals surface area (Å²) in [6.45, 7) is 2.14. The van der Waals surface area contributed by atoms with Gasteiger partial charge in [-0.25, -0.2) is 4.31 Å². The summed E-state index contributed by atoms with van der Waals surface area (Å²) < 4.78 is 2.17. The van der Waals surface area contributed by atoms with Crippen molar-refractivity contribution in [3.63, 3.8) is 0 Å². The zero-order valence-electron chi connectivity index (χ0n) is 6.17. The Morgan fingerprint density at radius 3 is 2.80 bits per heavy atom. The molecule has 10 heavy (non-hydrogen) atoms. The fraction of sp³-hybridized carbons (Fsp3) is 0.833. The van der Waals surface area contributed by atoms with Gasteiger partial charge in [-0.3, -0.25) is 4.99 Å². The molecule has 0 saturated heterocycles. The van der Waals surface area contributed by atoms with Crippen molar-refractivity contribution in [2.24, 2.45) is 4.99 Å². The molecule has 0 aromatic rings. The van der Waals surface area contributed by atoms with E-state index < -0.39 is 0 Å². The second kappa shape index (κ2) is 3.74. The van der Waals surface area contributed by atoms with Crippen molar-refractivity contribution in [1.29, 1.82) is 0 Å². The predicted molar refractivity (Wildman–Crippen MR) is 50.7 cm³/mol. The lowest BCUT2D eigenvalue weighted by Crippen LogP contribution is -2.20. The summed E-state index contributed by atoms with van der Waals surface area (Å²) in [7, 11) is 2.07. The molecule has 1 aliphatic rings. The van der Waals surface area contributed by atoms with Crippen LogP contribution in [0.5, 0.6) is 0 Å². The highest BCUT2D eigenvalue weighted by molar-refractivity contribution is 9.09. The van der Waals surface area contributed by atoms with E-state index in [1.54, 1.807) is 11.9 Å². The number of rotatable bonds is 2. The summed E-state index contributed by atoms with van der Waals surface area (Å²) in [5, 5.41) is 2.17. The fourth-order valence-electron chi connectivity index (χ4n) is 0.786. The van der Waals surface area contributed by atoms with E-state index in [0.717, 1.165) is 11.8 Å². The van der Waals surface area contributed by atoms with E-state index in [-0.39, 0.29) is 0 Å². The number of hydrogen-bond donors (Lipinski definition) is 0. The minimum absolute atomic E-state index is 0.347. The van der Waals surface area contributed by atoms with Crippen molar-refractivity contribution in [3.8, 4) is 0 Å². The number of halogens is 1. The fourth-order valence-corrected chi connectivity index (χ4v) is 2.43. The molecule has 1 rings (SSSR count). The van der Waals surface area contributed by atoms with Crippen LogP contribution in [0.1, 0.15) is 13.3 Å². The van der Waals surface area contributed by atoms with E-state index in [0.29, 0.717) is 6.17 Å². The van der Waals surface area contributed by atoms with Gasteiger partial charge in [0.05, 0.1) is 5.04 Å². The van der Waals surface area contributed by atoms with Gasteiger partial charge in [-0.05, 0) is 18.4 Å². The Morgan fingerprint density at radius 2 is 2.50 bits per heavy atom. The SMILES string of the molecule is CCC1=NC(CBr)N(C)S1. The molecular weight excluding hydrogens is 212 g/mol. The second-order valence-corrected chi connectivity index (χ2v) is 4.03. The molecular formula is C6H11BrN2S. The maximum Gasteiger partial charge on any atom is 0.122 e. The van der Waals surface area contributed by atoms with Gasteiger partial charge in [0.15, 0.2) is 0 Å². The Bertz CT molecular complexity index is 149. The standard InChI is InChI=1S/C6H11BrN2S/c1-3-6-8-5(4-7)9(2)10-6/h5H,3-4H2,1-2H3. The van der Waals surface area contributed by atoms with Crippen LogP contribution in [0.2, 0.25) is 0 Å². The van der Waals surface area contributed by atoms with Gasteiger partial charge in [-0.15, -0.1) is 0 Å². The Hall–Kier alpha value is 0.460.